The largest absolute Gasteiger partial charge is 0.414 e. The molecule has 8 nitrogen and oxygen atoms in total. The van der Waals surface area contributed by atoms with Crippen molar-refractivity contribution in [3.05, 3.63) is 59.4 Å². The van der Waals surface area contributed by atoms with Crippen LogP contribution in [0.2, 0.25) is 0 Å². The van der Waals surface area contributed by atoms with E-state index in [-0.39, 0.29) is 36.2 Å². The number of alkyl halides is 3. The number of nitrogens with one attached hydrogen (secondary N) is 1. The molecule has 0 radical (unpaired) electrons. The fraction of sp³-hybridized carbons (Fsp3) is 0.481. The Labute approximate surface area is 225 Å². The lowest BCUT2D eigenvalue weighted by Gasteiger charge is -2.30. The zero-order valence-electron chi connectivity index (χ0n) is 21.7. The van der Waals surface area contributed by atoms with Gasteiger partial charge in [0.25, 0.3) is 5.91 Å². The maximum absolute atomic E-state index is 13.0. The second-order valence-corrected chi connectivity index (χ2v) is 11.9. The third-order valence-corrected chi connectivity index (χ3v) is 8.87. The van der Waals surface area contributed by atoms with E-state index in [0.717, 1.165) is 11.3 Å². The molecule has 212 valence electrons. The van der Waals surface area contributed by atoms with Crippen LogP contribution in [0.1, 0.15) is 54.5 Å². The van der Waals surface area contributed by atoms with Crippen LogP contribution in [0.15, 0.2) is 47.4 Å². The Hall–Kier alpha value is -2.96. The molecule has 2 heterocycles. The summed E-state index contributed by atoms with van der Waals surface area (Å²) in [5.41, 5.74) is 2.27. The number of benzene rings is 2. The Kier molecular flexibility index (Phi) is 8.67. The molecule has 39 heavy (non-hydrogen) atoms. The predicted molar refractivity (Wildman–Crippen MR) is 139 cm³/mol. The molecule has 1 aliphatic rings. The fourth-order valence-corrected chi connectivity index (χ4v) is 5.75. The molecular weight excluding hydrogens is 535 g/mol. The van der Waals surface area contributed by atoms with Crippen LogP contribution in [0, 0.1) is 5.92 Å². The third kappa shape index (κ3) is 6.44. The first-order chi connectivity index (χ1) is 18.5. The van der Waals surface area contributed by atoms with E-state index in [0.29, 0.717) is 36.0 Å². The third-order valence-electron chi connectivity index (χ3n) is 7.12. The topological polar surface area (TPSA) is 111 Å². The minimum absolute atomic E-state index is 0.0126. The van der Waals surface area contributed by atoms with Gasteiger partial charge in [0.15, 0.2) is 15.9 Å². The number of aromatic nitrogens is 2. The lowest BCUT2D eigenvalue weighted by molar-refractivity contribution is -0.235. The van der Waals surface area contributed by atoms with Crippen LogP contribution in [0.3, 0.4) is 0 Å². The van der Waals surface area contributed by atoms with Gasteiger partial charge >= 0.3 is 6.18 Å². The highest BCUT2D eigenvalue weighted by molar-refractivity contribution is 7.91. The van der Waals surface area contributed by atoms with Crippen LogP contribution in [0.4, 0.5) is 13.2 Å². The lowest BCUT2D eigenvalue weighted by Crippen LogP contribution is -2.38. The molecule has 12 heteroatoms. The molecule has 1 saturated heterocycles. The summed E-state index contributed by atoms with van der Waals surface area (Å²) in [5.74, 6) is 0.168. The van der Waals surface area contributed by atoms with Gasteiger partial charge < -0.3 is 19.7 Å². The SMILES string of the molecule is CCn1c(C[C@H]2CC[C@H](C(F)(F)F)OC2)nc2cc(C(=O)NC(CO)c3ccc(S(=O)(=O)CC)cc3)ccc21. The van der Waals surface area contributed by atoms with Gasteiger partial charge in [-0.25, -0.2) is 13.4 Å². The number of aliphatic hydroxyl groups is 1. The summed E-state index contributed by atoms with van der Waals surface area (Å²) in [6.07, 6.45) is -5.30. The molecule has 0 bridgehead atoms. The number of carbonyl (C=O) groups is 1. The molecule has 4 rings (SSSR count). The van der Waals surface area contributed by atoms with Gasteiger partial charge in [-0.3, -0.25) is 4.79 Å². The molecule has 1 aliphatic heterocycles. The number of aryl methyl sites for hydroxylation is 1. The van der Waals surface area contributed by atoms with Gasteiger partial charge in [-0.15, -0.1) is 0 Å². The van der Waals surface area contributed by atoms with E-state index in [9.17, 15) is 31.5 Å². The fourth-order valence-electron chi connectivity index (χ4n) is 4.86. The van der Waals surface area contributed by atoms with Crippen molar-refractivity contribution in [3.63, 3.8) is 0 Å². The quantitative estimate of drug-likeness (QED) is 0.401. The lowest BCUT2D eigenvalue weighted by atomic mass is 9.95. The highest BCUT2D eigenvalue weighted by Gasteiger charge is 2.43. The van der Waals surface area contributed by atoms with Crippen LogP contribution in [-0.4, -0.2) is 60.2 Å². The van der Waals surface area contributed by atoms with E-state index in [1.165, 1.54) is 12.1 Å². The number of hydrogen-bond donors (Lipinski definition) is 2. The first-order valence-electron chi connectivity index (χ1n) is 12.9. The maximum atomic E-state index is 13.0. The van der Waals surface area contributed by atoms with Gasteiger partial charge in [0, 0.05) is 18.5 Å². The number of sulfone groups is 1. The van der Waals surface area contributed by atoms with Crippen molar-refractivity contribution in [2.45, 2.75) is 62.9 Å². The van der Waals surface area contributed by atoms with Crippen molar-refractivity contribution in [2.24, 2.45) is 5.92 Å². The summed E-state index contributed by atoms with van der Waals surface area (Å²) in [6.45, 7) is 3.73. The smallest absolute Gasteiger partial charge is 0.394 e. The number of carbonyl (C=O) groups excluding carboxylic acids is 1. The van der Waals surface area contributed by atoms with Gasteiger partial charge in [-0.2, -0.15) is 13.2 Å². The number of hydrogen-bond acceptors (Lipinski definition) is 6. The number of fused-ring (bicyclic) bond motifs is 1. The first kappa shape index (κ1) is 29.0. The number of nitrogens with zero attached hydrogens (tertiary/aromatic N) is 2. The zero-order valence-corrected chi connectivity index (χ0v) is 22.6. The summed E-state index contributed by atoms with van der Waals surface area (Å²) in [5, 5.41) is 12.7. The van der Waals surface area contributed by atoms with Crippen molar-refractivity contribution in [3.8, 4) is 0 Å². The van der Waals surface area contributed by atoms with E-state index in [1.54, 1.807) is 37.3 Å². The van der Waals surface area contributed by atoms with Gasteiger partial charge in [0.05, 0.1) is 40.9 Å². The number of ether oxygens (including phenoxy) is 1. The summed E-state index contributed by atoms with van der Waals surface area (Å²) in [4.78, 5) is 17.9. The second-order valence-electron chi connectivity index (χ2n) is 9.67. The Balaban J connectivity index is 1.48. The molecule has 3 aromatic rings. The van der Waals surface area contributed by atoms with Crippen molar-refractivity contribution in [2.75, 3.05) is 19.0 Å². The Morgan fingerprint density at radius 3 is 2.46 bits per heavy atom. The highest BCUT2D eigenvalue weighted by Crippen LogP contribution is 2.33. The molecule has 1 amide bonds. The molecule has 0 saturated carbocycles. The summed E-state index contributed by atoms with van der Waals surface area (Å²) < 4.78 is 69.9. The average Bonchev–Trinajstić information content (AvgIpc) is 3.27. The summed E-state index contributed by atoms with van der Waals surface area (Å²) in [6, 6.07) is 10.4. The molecule has 2 N–H and O–H groups in total. The molecular formula is C27H32F3N3O5S. The summed E-state index contributed by atoms with van der Waals surface area (Å²) >= 11 is 0. The Morgan fingerprint density at radius 1 is 1.18 bits per heavy atom. The Bertz CT molecular complexity index is 1410. The number of aliphatic hydroxyl groups excluding tert-OH is 1. The van der Waals surface area contributed by atoms with Gasteiger partial charge in [0.2, 0.25) is 0 Å². The van der Waals surface area contributed by atoms with Crippen molar-refractivity contribution < 1.29 is 36.2 Å². The number of imidazole rings is 1. The van der Waals surface area contributed by atoms with Crippen LogP contribution in [0.5, 0.6) is 0 Å². The van der Waals surface area contributed by atoms with Crippen LogP contribution >= 0.6 is 0 Å². The number of halogens is 3. The van der Waals surface area contributed by atoms with E-state index < -0.39 is 34.1 Å². The molecule has 1 fully saturated rings. The minimum Gasteiger partial charge on any atom is -0.394 e. The van der Waals surface area contributed by atoms with Crippen molar-refractivity contribution in [1.82, 2.24) is 14.9 Å². The van der Waals surface area contributed by atoms with Gasteiger partial charge in [0.1, 0.15) is 5.82 Å². The van der Waals surface area contributed by atoms with Crippen molar-refractivity contribution >= 4 is 26.8 Å². The van der Waals surface area contributed by atoms with E-state index in [2.05, 4.69) is 10.3 Å². The average molecular weight is 568 g/mol. The number of rotatable bonds is 9. The predicted octanol–water partition coefficient (Wildman–Crippen LogP) is 4.21. The normalized spacial score (nSPS) is 19.2. The highest BCUT2D eigenvalue weighted by atomic mass is 32.2. The van der Waals surface area contributed by atoms with E-state index in [4.69, 9.17) is 4.74 Å². The van der Waals surface area contributed by atoms with Crippen LogP contribution in [0.25, 0.3) is 11.0 Å². The number of amides is 1. The van der Waals surface area contributed by atoms with Crippen LogP contribution in [-0.2, 0) is 27.5 Å². The molecule has 2 aromatic carbocycles. The molecule has 1 unspecified atom stereocenters. The zero-order chi connectivity index (χ0) is 28.4. The minimum atomic E-state index is -4.35. The maximum Gasteiger partial charge on any atom is 0.414 e. The second kappa shape index (κ2) is 11.6. The first-order valence-corrected chi connectivity index (χ1v) is 14.5. The molecule has 0 spiro atoms. The monoisotopic (exact) mass is 567 g/mol. The molecule has 0 aliphatic carbocycles. The molecule has 3 atom stereocenters. The van der Waals surface area contributed by atoms with Gasteiger partial charge in [-0.05, 0) is 61.6 Å². The van der Waals surface area contributed by atoms with E-state index >= 15 is 0 Å². The van der Waals surface area contributed by atoms with E-state index in [1.807, 2.05) is 11.5 Å². The Morgan fingerprint density at radius 2 is 1.90 bits per heavy atom. The molecule has 1 aromatic heterocycles. The summed E-state index contributed by atoms with van der Waals surface area (Å²) in [7, 11) is -3.37. The standard InChI is InChI=1S/C27H32F3N3O5S/c1-3-33-23-11-8-19(14-21(23)31-25(33)13-17-5-12-24(38-16-17)27(28,29)30)26(35)32-22(15-34)18-6-9-20(10-7-18)39(36,37)4-2/h6-11,14,17,22,24,34H,3-5,12-13,15-16H2,1-2H3,(H,32,35)/t17-,22?,24-/m1/s1. The van der Waals surface area contributed by atoms with Gasteiger partial charge in [-0.1, -0.05) is 19.1 Å². The van der Waals surface area contributed by atoms with Crippen LogP contribution < -0.4 is 5.32 Å². The van der Waals surface area contributed by atoms with Crippen molar-refractivity contribution in [1.29, 1.82) is 0 Å².